The van der Waals surface area contributed by atoms with Gasteiger partial charge in [-0.3, -0.25) is 0 Å². The predicted molar refractivity (Wildman–Crippen MR) is 71.8 cm³/mol. The van der Waals surface area contributed by atoms with E-state index >= 15 is 0 Å². The molecule has 0 saturated carbocycles. The third kappa shape index (κ3) is 3.40. The third-order valence-corrected chi connectivity index (χ3v) is 2.80. The fourth-order valence-electron chi connectivity index (χ4n) is 1.97. The van der Waals surface area contributed by atoms with Gasteiger partial charge < -0.3 is 15.1 Å². The van der Waals surface area contributed by atoms with Crippen molar-refractivity contribution in [3.05, 3.63) is 30.1 Å². The lowest BCUT2D eigenvalue weighted by Gasteiger charge is -2.23. The number of hydrogen-bond acceptors (Lipinski definition) is 5. The highest BCUT2D eigenvalue weighted by atomic mass is 19.3. The summed E-state index contributed by atoms with van der Waals surface area (Å²) in [5.74, 6) is -1.74. The minimum absolute atomic E-state index is 0.0763. The molecule has 21 heavy (non-hydrogen) atoms. The molecule has 0 aliphatic carbocycles. The molecule has 0 atom stereocenters. The number of carboxylic acid groups (broad SMARTS) is 1. The van der Waals surface area contributed by atoms with Gasteiger partial charge in [0.2, 0.25) is 5.82 Å². The molecule has 0 bridgehead atoms. The van der Waals surface area contributed by atoms with Crippen LogP contribution in [0.25, 0.3) is 10.9 Å². The van der Waals surface area contributed by atoms with E-state index in [4.69, 9.17) is 10.2 Å². The van der Waals surface area contributed by atoms with E-state index in [0.717, 1.165) is 4.90 Å². The van der Waals surface area contributed by atoms with E-state index in [1.165, 1.54) is 0 Å². The summed E-state index contributed by atoms with van der Waals surface area (Å²) in [5, 5.41) is 18.5. The number of aromatic carboxylic acids is 1. The smallest absolute Gasteiger partial charge is 0.374 e. The van der Waals surface area contributed by atoms with Crippen LogP contribution in [0.4, 0.5) is 14.6 Å². The molecule has 2 rings (SSSR count). The fraction of sp³-hybridized carbons (Fsp3) is 0.308. The summed E-state index contributed by atoms with van der Waals surface area (Å²) in [4.78, 5) is 19.9. The van der Waals surface area contributed by atoms with Gasteiger partial charge in [-0.1, -0.05) is 12.1 Å². The lowest BCUT2D eigenvalue weighted by molar-refractivity contribution is 0.0684. The Morgan fingerprint density at radius 3 is 2.62 bits per heavy atom. The fourth-order valence-corrected chi connectivity index (χ4v) is 1.97. The van der Waals surface area contributed by atoms with Crippen molar-refractivity contribution in [1.82, 2.24) is 9.97 Å². The summed E-state index contributed by atoms with van der Waals surface area (Å²) in [7, 11) is 0. The molecule has 1 heterocycles. The van der Waals surface area contributed by atoms with Gasteiger partial charge in [0, 0.05) is 11.9 Å². The van der Waals surface area contributed by atoms with Crippen LogP contribution < -0.4 is 4.90 Å². The molecule has 0 fully saturated rings. The van der Waals surface area contributed by atoms with Crippen molar-refractivity contribution in [2.24, 2.45) is 0 Å². The van der Waals surface area contributed by atoms with Crippen molar-refractivity contribution in [2.75, 3.05) is 24.6 Å². The normalized spacial score (nSPS) is 11.0. The molecule has 2 N–H and O–H groups in total. The second-order valence-corrected chi connectivity index (χ2v) is 4.25. The molecule has 0 aliphatic heterocycles. The number of alkyl halides is 2. The number of hydrogen-bond donors (Lipinski definition) is 2. The van der Waals surface area contributed by atoms with Crippen molar-refractivity contribution in [3.8, 4) is 0 Å². The molecule has 2 aromatic rings. The van der Waals surface area contributed by atoms with E-state index < -0.39 is 24.8 Å². The van der Waals surface area contributed by atoms with Gasteiger partial charge in [-0.15, -0.1) is 0 Å². The van der Waals surface area contributed by atoms with Crippen molar-refractivity contribution in [3.63, 3.8) is 0 Å². The van der Waals surface area contributed by atoms with Crippen molar-refractivity contribution < 1.29 is 23.8 Å². The first kappa shape index (κ1) is 15.0. The van der Waals surface area contributed by atoms with Gasteiger partial charge in [0.05, 0.1) is 18.7 Å². The number of rotatable bonds is 6. The molecule has 0 saturated heterocycles. The largest absolute Gasteiger partial charge is 0.475 e. The summed E-state index contributed by atoms with van der Waals surface area (Å²) in [6, 6.07) is 6.53. The highest BCUT2D eigenvalue weighted by molar-refractivity contribution is 5.93. The van der Waals surface area contributed by atoms with Crippen molar-refractivity contribution in [1.29, 1.82) is 0 Å². The SMILES string of the molecule is O=C(O)c1nc(N(CCO)CC(F)F)c2ccccc2n1. The van der Waals surface area contributed by atoms with Gasteiger partial charge in [-0.05, 0) is 12.1 Å². The maximum atomic E-state index is 12.7. The van der Waals surface area contributed by atoms with Crippen LogP contribution in [0.2, 0.25) is 0 Å². The number of carbonyl (C=O) groups is 1. The average molecular weight is 297 g/mol. The van der Waals surface area contributed by atoms with Crippen LogP contribution in [0.3, 0.4) is 0 Å². The van der Waals surface area contributed by atoms with Gasteiger partial charge >= 0.3 is 5.97 Å². The number of fused-ring (bicyclic) bond motifs is 1. The summed E-state index contributed by atoms with van der Waals surface area (Å²) < 4.78 is 25.3. The summed E-state index contributed by atoms with van der Waals surface area (Å²) >= 11 is 0. The number of nitrogens with zero attached hydrogens (tertiary/aromatic N) is 3. The molecule has 0 radical (unpaired) electrons. The van der Waals surface area contributed by atoms with Crippen LogP contribution in [-0.4, -0.2) is 52.3 Å². The zero-order valence-electron chi connectivity index (χ0n) is 10.9. The lowest BCUT2D eigenvalue weighted by Crippen LogP contribution is -2.33. The Hall–Kier alpha value is -2.35. The highest BCUT2D eigenvalue weighted by Crippen LogP contribution is 2.24. The third-order valence-electron chi connectivity index (χ3n) is 2.80. The number of halogens is 2. The molecule has 0 spiro atoms. The quantitative estimate of drug-likeness (QED) is 0.838. The maximum Gasteiger partial charge on any atom is 0.374 e. The number of para-hydroxylation sites is 1. The monoisotopic (exact) mass is 297 g/mol. The van der Waals surface area contributed by atoms with E-state index in [9.17, 15) is 13.6 Å². The minimum atomic E-state index is -2.64. The van der Waals surface area contributed by atoms with Crippen LogP contribution in [0.5, 0.6) is 0 Å². The molecule has 1 aromatic carbocycles. The van der Waals surface area contributed by atoms with Crippen LogP contribution in [0.1, 0.15) is 10.6 Å². The second-order valence-electron chi connectivity index (χ2n) is 4.25. The Kier molecular flexibility index (Phi) is 4.59. The number of aromatic nitrogens is 2. The van der Waals surface area contributed by atoms with Gasteiger partial charge in [0.25, 0.3) is 6.43 Å². The van der Waals surface area contributed by atoms with Crippen molar-refractivity contribution in [2.45, 2.75) is 6.43 Å². The predicted octanol–water partition coefficient (Wildman–Crippen LogP) is 1.39. The molecule has 0 aliphatic rings. The Morgan fingerprint density at radius 2 is 2.00 bits per heavy atom. The summed E-state index contributed by atoms with van der Waals surface area (Å²) in [5.41, 5.74) is 0.345. The minimum Gasteiger partial charge on any atom is -0.475 e. The van der Waals surface area contributed by atoms with Gasteiger partial charge in [-0.2, -0.15) is 0 Å². The van der Waals surface area contributed by atoms with Gasteiger partial charge in [0.1, 0.15) is 5.82 Å². The van der Waals surface area contributed by atoms with E-state index in [1.807, 2.05) is 0 Å². The first-order valence-electron chi connectivity index (χ1n) is 6.17. The Labute approximate surface area is 118 Å². The number of anilines is 1. The summed E-state index contributed by atoms with van der Waals surface area (Å²) in [6.07, 6.45) is -2.64. The van der Waals surface area contributed by atoms with Crippen LogP contribution >= 0.6 is 0 Å². The number of benzene rings is 1. The molecule has 6 nitrogen and oxygen atoms in total. The lowest BCUT2D eigenvalue weighted by atomic mass is 10.2. The number of aliphatic hydroxyl groups is 1. The zero-order chi connectivity index (χ0) is 15.4. The van der Waals surface area contributed by atoms with Crippen LogP contribution in [0, 0.1) is 0 Å². The van der Waals surface area contributed by atoms with Crippen molar-refractivity contribution >= 4 is 22.7 Å². The van der Waals surface area contributed by atoms with Gasteiger partial charge in [0.15, 0.2) is 0 Å². The molecule has 0 unspecified atom stereocenters. The van der Waals surface area contributed by atoms with E-state index in [-0.39, 0.29) is 19.0 Å². The van der Waals surface area contributed by atoms with Crippen LogP contribution in [0.15, 0.2) is 24.3 Å². The standard InChI is InChI=1S/C13H13F2N3O3/c14-10(15)7-18(5-6-19)12-8-3-1-2-4-9(8)16-11(17-12)13(20)21/h1-4,10,19H,5-7H2,(H,20,21). The van der Waals surface area contributed by atoms with Gasteiger partial charge in [-0.25, -0.2) is 23.5 Å². The molecular formula is C13H13F2N3O3. The first-order valence-corrected chi connectivity index (χ1v) is 6.17. The number of carboxylic acids is 1. The van der Waals surface area contributed by atoms with E-state index in [2.05, 4.69) is 9.97 Å². The molecule has 8 heteroatoms. The highest BCUT2D eigenvalue weighted by Gasteiger charge is 2.19. The van der Waals surface area contributed by atoms with E-state index in [0.29, 0.717) is 10.9 Å². The molecule has 1 aromatic heterocycles. The summed E-state index contributed by atoms with van der Waals surface area (Å²) in [6.45, 7) is -1.08. The Balaban J connectivity index is 2.60. The second kappa shape index (κ2) is 6.40. The Bertz CT molecular complexity index is 652. The zero-order valence-corrected chi connectivity index (χ0v) is 10.9. The molecular weight excluding hydrogens is 284 g/mol. The topological polar surface area (TPSA) is 86.5 Å². The number of aliphatic hydroxyl groups excluding tert-OH is 1. The Morgan fingerprint density at radius 1 is 1.29 bits per heavy atom. The average Bonchev–Trinajstić information content (AvgIpc) is 2.45. The first-order chi connectivity index (χ1) is 10.0. The van der Waals surface area contributed by atoms with Crippen LogP contribution in [-0.2, 0) is 0 Å². The molecule has 112 valence electrons. The van der Waals surface area contributed by atoms with E-state index in [1.54, 1.807) is 24.3 Å². The maximum absolute atomic E-state index is 12.7. The molecule has 0 amide bonds.